The van der Waals surface area contributed by atoms with Crippen LogP contribution in [0.5, 0.6) is 11.5 Å². The highest BCUT2D eigenvalue weighted by atomic mass is 16.3. The van der Waals surface area contributed by atoms with Crippen molar-refractivity contribution < 1.29 is 10.2 Å². The molecule has 0 bridgehead atoms. The molecule has 0 saturated carbocycles. The summed E-state index contributed by atoms with van der Waals surface area (Å²) in [6.45, 7) is 1.89. The molecule has 4 nitrogen and oxygen atoms in total. The number of nitrogens with zero attached hydrogens (tertiary/aromatic N) is 2. The van der Waals surface area contributed by atoms with Gasteiger partial charge in [0.15, 0.2) is 0 Å². The fourth-order valence-corrected chi connectivity index (χ4v) is 2.03. The fourth-order valence-electron chi connectivity index (χ4n) is 2.03. The maximum Gasteiger partial charge on any atom is 0.118 e. The van der Waals surface area contributed by atoms with Crippen LogP contribution in [0.25, 0.3) is 0 Å². The largest absolute Gasteiger partial charge is 0.508 e. The van der Waals surface area contributed by atoms with Crippen molar-refractivity contribution >= 4 is 0 Å². The van der Waals surface area contributed by atoms with Crippen molar-refractivity contribution in [2.24, 2.45) is 0 Å². The number of likely N-dealkylation sites (N-methyl/N-ethyl adjacent to an activating group) is 1. The average Bonchev–Trinajstić information content (AvgIpc) is 2.49. The normalized spacial score (nSPS) is 10.5. The van der Waals surface area contributed by atoms with Gasteiger partial charge in [-0.3, -0.25) is 0 Å². The van der Waals surface area contributed by atoms with E-state index in [-0.39, 0.29) is 0 Å². The topological polar surface area (TPSA) is 46.9 Å². The molecule has 2 rings (SSSR count). The number of hydrogen-bond acceptors (Lipinski definition) is 4. The number of hydrogen-bond donors (Lipinski definition) is 2. The molecule has 2 aromatic rings. The lowest BCUT2D eigenvalue weighted by Gasteiger charge is -2.09. The molecule has 0 aromatic heterocycles. The zero-order valence-corrected chi connectivity index (χ0v) is 14.5. The van der Waals surface area contributed by atoms with Crippen LogP contribution in [-0.4, -0.2) is 54.7 Å². The van der Waals surface area contributed by atoms with Crippen molar-refractivity contribution in [2.75, 3.05) is 34.7 Å². The molecule has 2 N–H and O–H groups in total. The predicted molar refractivity (Wildman–Crippen MR) is 95.9 cm³/mol. The van der Waals surface area contributed by atoms with Crippen LogP contribution >= 0.6 is 0 Å². The Labute approximate surface area is 139 Å². The first kappa shape index (κ1) is 19.0. The Morgan fingerprint density at radius 3 is 1.91 bits per heavy atom. The third-order valence-electron chi connectivity index (χ3n) is 3.26. The number of para-hydroxylation sites is 1. The van der Waals surface area contributed by atoms with Crippen molar-refractivity contribution in [2.45, 2.75) is 13.0 Å². The van der Waals surface area contributed by atoms with Gasteiger partial charge >= 0.3 is 0 Å². The van der Waals surface area contributed by atoms with Crippen molar-refractivity contribution in [1.82, 2.24) is 9.80 Å². The third kappa shape index (κ3) is 8.24. The minimum Gasteiger partial charge on any atom is -0.508 e. The van der Waals surface area contributed by atoms with Gasteiger partial charge in [0.25, 0.3) is 0 Å². The standard InChI is InChI=1S/C10H15NO.C9H13NO/c1-11(2)8-7-9-5-3-4-6-10(9)12;1-10(2)7-8-3-5-9(11)6-4-8/h3-6,12H,7-8H2,1-2H3;3-6,11H,7H2,1-2H3. The van der Waals surface area contributed by atoms with Gasteiger partial charge in [0, 0.05) is 13.1 Å². The molecule has 0 spiro atoms. The van der Waals surface area contributed by atoms with Crippen LogP contribution in [0, 0.1) is 0 Å². The minimum atomic E-state index is 0.326. The first-order chi connectivity index (χ1) is 10.9. The van der Waals surface area contributed by atoms with Gasteiger partial charge in [-0.15, -0.1) is 0 Å². The van der Waals surface area contributed by atoms with E-state index in [0.29, 0.717) is 11.5 Å². The number of phenolic OH excluding ortho intramolecular Hbond substituents is 2. The molecule has 0 fully saturated rings. The van der Waals surface area contributed by atoms with E-state index in [1.165, 1.54) is 5.56 Å². The molecule has 0 unspecified atom stereocenters. The molecule has 2 aromatic carbocycles. The molecule has 0 saturated heterocycles. The van der Waals surface area contributed by atoms with Gasteiger partial charge in [0.05, 0.1) is 0 Å². The number of aromatic hydroxyl groups is 2. The third-order valence-corrected chi connectivity index (χ3v) is 3.26. The maximum absolute atomic E-state index is 9.40. The van der Waals surface area contributed by atoms with Crippen LogP contribution in [-0.2, 0) is 13.0 Å². The van der Waals surface area contributed by atoms with E-state index in [9.17, 15) is 5.11 Å². The fraction of sp³-hybridized carbons (Fsp3) is 0.368. The van der Waals surface area contributed by atoms with Crippen LogP contribution in [0.1, 0.15) is 11.1 Å². The summed E-state index contributed by atoms with van der Waals surface area (Å²) in [4.78, 5) is 4.19. The lowest BCUT2D eigenvalue weighted by molar-refractivity contribution is 0.402. The van der Waals surface area contributed by atoms with E-state index in [2.05, 4.69) is 9.80 Å². The van der Waals surface area contributed by atoms with E-state index >= 15 is 0 Å². The van der Waals surface area contributed by atoms with Crippen molar-refractivity contribution in [3.63, 3.8) is 0 Å². The van der Waals surface area contributed by atoms with Crippen LogP contribution in [0.2, 0.25) is 0 Å². The number of benzene rings is 2. The van der Waals surface area contributed by atoms with Crippen LogP contribution in [0.4, 0.5) is 0 Å². The number of rotatable bonds is 5. The zero-order chi connectivity index (χ0) is 17.2. The quantitative estimate of drug-likeness (QED) is 0.890. The van der Waals surface area contributed by atoms with E-state index in [1.54, 1.807) is 18.2 Å². The maximum atomic E-state index is 9.40. The molecule has 0 radical (unpaired) electrons. The van der Waals surface area contributed by atoms with Gasteiger partial charge in [0.2, 0.25) is 0 Å². The van der Waals surface area contributed by atoms with Gasteiger partial charge in [-0.25, -0.2) is 0 Å². The van der Waals surface area contributed by atoms with E-state index < -0.39 is 0 Å². The molecule has 0 aliphatic heterocycles. The summed E-state index contributed by atoms with van der Waals surface area (Å²) in [6.07, 6.45) is 0.902. The van der Waals surface area contributed by atoms with Gasteiger partial charge in [-0.05, 0) is 63.9 Å². The van der Waals surface area contributed by atoms with Crippen molar-refractivity contribution in [3.05, 3.63) is 59.7 Å². The van der Waals surface area contributed by atoms with Crippen LogP contribution < -0.4 is 0 Å². The van der Waals surface area contributed by atoms with Gasteiger partial charge in [-0.2, -0.15) is 0 Å². The second-order valence-corrected chi connectivity index (χ2v) is 6.09. The predicted octanol–water partition coefficient (Wildman–Crippen LogP) is 2.95. The lowest BCUT2D eigenvalue weighted by Crippen LogP contribution is -2.14. The Kier molecular flexibility index (Phi) is 8.16. The second kappa shape index (κ2) is 9.87. The summed E-state index contributed by atoms with van der Waals surface area (Å²) < 4.78 is 0. The Bertz CT molecular complexity index is 566. The van der Waals surface area contributed by atoms with Crippen molar-refractivity contribution in [1.29, 1.82) is 0 Å². The highest BCUT2D eigenvalue weighted by Gasteiger charge is 1.99. The first-order valence-corrected chi connectivity index (χ1v) is 7.72. The Hall–Kier alpha value is -2.04. The molecular weight excluding hydrogens is 288 g/mol. The first-order valence-electron chi connectivity index (χ1n) is 7.72. The van der Waals surface area contributed by atoms with Gasteiger partial charge in [-0.1, -0.05) is 30.3 Å². The molecule has 0 heterocycles. The monoisotopic (exact) mass is 316 g/mol. The summed E-state index contributed by atoms with van der Waals surface area (Å²) in [5.74, 6) is 0.729. The molecule has 126 valence electrons. The summed E-state index contributed by atoms with van der Waals surface area (Å²) >= 11 is 0. The Balaban J connectivity index is 0.000000231. The summed E-state index contributed by atoms with van der Waals surface area (Å²) in [6, 6.07) is 14.7. The zero-order valence-electron chi connectivity index (χ0n) is 14.5. The Morgan fingerprint density at radius 1 is 0.783 bits per heavy atom. The average molecular weight is 316 g/mol. The highest BCUT2D eigenvalue weighted by Crippen LogP contribution is 2.15. The molecule has 0 aliphatic rings. The van der Waals surface area contributed by atoms with Crippen LogP contribution in [0.15, 0.2) is 48.5 Å². The molecule has 4 heteroatoms. The highest BCUT2D eigenvalue weighted by molar-refractivity contribution is 5.31. The summed E-state index contributed by atoms with van der Waals surface area (Å²) in [5.41, 5.74) is 2.24. The molecule has 23 heavy (non-hydrogen) atoms. The SMILES string of the molecule is CN(C)CCc1ccccc1O.CN(C)Cc1ccc(O)cc1. The number of phenols is 2. The van der Waals surface area contributed by atoms with E-state index in [1.807, 2.05) is 58.5 Å². The van der Waals surface area contributed by atoms with E-state index in [4.69, 9.17) is 5.11 Å². The van der Waals surface area contributed by atoms with E-state index in [0.717, 1.165) is 25.1 Å². The summed E-state index contributed by atoms with van der Waals surface area (Å²) in [5, 5.41) is 18.4. The molecule has 0 atom stereocenters. The van der Waals surface area contributed by atoms with Crippen molar-refractivity contribution in [3.8, 4) is 11.5 Å². The molecular formula is C19H28N2O2. The smallest absolute Gasteiger partial charge is 0.118 e. The molecule has 0 aliphatic carbocycles. The van der Waals surface area contributed by atoms with Crippen LogP contribution in [0.3, 0.4) is 0 Å². The van der Waals surface area contributed by atoms with Gasteiger partial charge in [0.1, 0.15) is 11.5 Å². The summed E-state index contributed by atoms with van der Waals surface area (Å²) in [7, 11) is 8.10. The Morgan fingerprint density at radius 2 is 1.39 bits per heavy atom. The lowest BCUT2D eigenvalue weighted by atomic mass is 10.1. The second-order valence-electron chi connectivity index (χ2n) is 6.09. The molecule has 0 amide bonds. The van der Waals surface area contributed by atoms with Gasteiger partial charge < -0.3 is 20.0 Å². The minimum absolute atomic E-state index is 0.326.